The van der Waals surface area contributed by atoms with Crippen LogP contribution >= 0.6 is 0 Å². The largest absolute Gasteiger partial charge is 0.493 e. The van der Waals surface area contributed by atoms with E-state index in [1.54, 1.807) is 0 Å². The van der Waals surface area contributed by atoms with Crippen LogP contribution in [0.15, 0.2) is 54.7 Å². The quantitative estimate of drug-likeness (QED) is 0.532. The van der Waals surface area contributed by atoms with Crippen LogP contribution in [0.3, 0.4) is 0 Å². The van der Waals surface area contributed by atoms with E-state index in [-0.39, 0.29) is 12.2 Å². The van der Waals surface area contributed by atoms with Crippen molar-refractivity contribution in [3.05, 3.63) is 71.7 Å². The minimum atomic E-state index is -0.119. The third-order valence-electron chi connectivity index (χ3n) is 7.33. The lowest BCUT2D eigenvalue weighted by Gasteiger charge is -2.32. The van der Waals surface area contributed by atoms with Crippen molar-refractivity contribution < 1.29 is 9.47 Å². The van der Waals surface area contributed by atoms with Gasteiger partial charge in [0.15, 0.2) is 0 Å². The molecule has 2 aliphatic heterocycles. The number of fused-ring (bicyclic) bond motifs is 2. The Hall–Kier alpha value is -2.63. The summed E-state index contributed by atoms with van der Waals surface area (Å²) in [6.45, 7) is 3.95. The van der Waals surface area contributed by atoms with E-state index in [9.17, 15) is 0 Å². The van der Waals surface area contributed by atoms with Gasteiger partial charge in [-0.05, 0) is 80.5 Å². The van der Waals surface area contributed by atoms with Gasteiger partial charge in [0.1, 0.15) is 17.7 Å². The highest BCUT2D eigenvalue weighted by Gasteiger charge is 2.30. The minimum absolute atomic E-state index is 0.119. The van der Waals surface area contributed by atoms with Crippen LogP contribution in [0.1, 0.15) is 48.7 Å². The van der Waals surface area contributed by atoms with Gasteiger partial charge in [0.25, 0.3) is 0 Å². The van der Waals surface area contributed by atoms with Crippen molar-refractivity contribution in [1.29, 1.82) is 0 Å². The number of nitrogens with zero attached hydrogens (tertiary/aromatic N) is 3. The van der Waals surface area contributed by atoms with E-state index < -0.39 is 0 Å². The maximum absolute atomic E-state index is 6.81. The van der Waals surface area contributed by atoms with Gasteiger partial charge in [-0.3, -0.25) is 0 Å². The molecular formula is C28H33N3O2. The van der Waals surface area contributed by atoms with Crippen LogP contribution in [0.5, 0.6) is 5.75 Å². The molecule has 0 spiro atoms. The number of hydrogen-bond donors (Lipinski definition) is 0. The Balaban J connectivity index is 1.28. The van der Waals surface area contributed by atoms with Crippen molar-refractivity contribution in [3.63, 3.8) is 0 Å². The molecule has 1 aliphatic carbocycles. The van der Waals surface area contributed by atoms with Crippen molar-refractivity contribution in [2.45, 2.75) is 50.9 Å². The van der Waals surface area contributed by atoms with Gasteiger partial charge in [0.2, 0.25) is 0 Å². The van der Waals surface area contributed by atoms with Gasteiger partial charge in [-0.25, -0.2) is 4.98 Å². The summed E-state index contributed by atoms with van der Waals surface area (Å²) in [4.78, 5) is 7.53. The van der Waals surface area contributed by atoms with E-state index in [1.165, 1.54) is 24.0 Å². The fraction of sp³-hybridized carbons (Fsp3) is 0.464. The van der Waals surface area contributed by atoms with Crippen LogP contribution in [0.25, 0.3) is 11.3 Å². The van der Waals surface area contributed by atoms with Gasteiger partial charge in [-0.15, -0.1) is 0 Å². The molecule has 1 unspecified atom stereocenters. The van der Waals surface area contributed by atoms with Gasteiger partial charge in [-0.2, -0.15) is 0 Å². The van der Waals surface area contributed by atoms with Crippen molar-refractivity contribution >= 4 is 0 Å². The molecule has 6 rings (SSSR count). The van der Waals surface area contributed by atoms with Crippen LogP contribution < -0.4 is 4.74 Å². The SMILES string of the molecule is CN1CCC(OC2c3ccccc3CCn3cc(-c4ccc(OCC5CC5)cc4)nc32)CC1. The average Bonchev–Trinajstić information content (AvgIpc) is 3.61. The molecule has 3 heterocycles. The fourth-order valence-corrected chi connectivity index (χ4v) is 5.02. The van der Waals surface area contributed by atoms with E-state index in [1.807, 2.05) is 0 Å². The zero-order chi connectivity index (χ0) is 22.2. The number of benzene rings is 2. The summed E-state index contributed by atoms with van der Waals surface area (Å²) in [5, 5.41) is 0. The van der Waals surface area contributed by atoms with Crippen LogP contribution in [-0.2, 0) is 17.7 Å². The highest BCUT2D eigenvalue weighted by atomic mass is 16.5. The molecule has 3 aromatic rings. The summed E-state index contributed by atoms with van der Waals surface area (Å²) >= 11 is 0. The van der Waals surface area contributed by atoms with E-state index in [0.717, 1.165) is 74.3 Å². The van der Waals surface area contributed by atoms with Crippen LogP contribution in [-0.4, -0.2) is 47.3 Å². The molecule has 5 nitrogen and oxygen atoms in total. The molecule has 1 atom stereocenters. The van der Waals surface area contributed by atoms with Crippen LogP contribution in [0.2, 0.25) is 0 Å². The Labute approximate surface area is 196 Å². The van der Waals surface area contributed by atoms with Gasteiger partial charge in [0, 0.05) is 31.4 Å². The van der Waals surface area contributed by atoms with E-state index >= 15 is 0 Å². The van der Waals surface area contributed by atoms with Crippen molar-refractivity contribution in [3.8, 4) is 17.0 Å². The average molecular weight is 444 g/mol. The molecule has 0 bridgehead atoms. The lowest BCUT2D eigenvalue weighted by molar-refractivity contribution is -0.0275. The Morgan fingerprint density at radius 1 is 0.939 bits per heavy atom. The van der Waals surface area contributed by atoms with Crippen molar-refractivity contribution in [2.24, 2.45) is 5.92 Å². The lowest BCUT2D eigenvalue weighted by Crippen LogP contribution is -2.35. The molecule has 2 fully saturated rings. The maximum atomic E-state index is 6.81. The van der Waals surface area contributed by atoms with Crippen molar-refractivity contribution in [2.75, 3.05) is 26.7 Å². The highest BCUT2D eigenvalue weighted by molar-refractivity contribution is 5.60. The number of piperidine rings is 1. The zero-order valence-electron chi connectivity index (χ0n) is 19.5. The second kappa shape index (κ2) is 8.96. The second-order valence-corrected chi connectivity index (χ2v) is 9.92. The molecule has 33 heavy (non-hydrogen) atoms. The Morgan fingerprint density at radius 3 is 2.52 bits per heavy atom. The summed E-state index contributed by atoms with van der Waals surface area (Å²) in [7, 11) is 2.19. The third kappa shape index (κ3) is 4.57. The smallest absolute Gasteiger partial charge is 0.143 e. The normalized spacial score (nSPS) is 21.3. The van der Waals surface area contributed by atoms with Crippen LogP contribution in [0, 0.1) is 5.92 Å². The van der Waals surface area contributed by atoms with Crippen LogP contribution in [0.4, 0.5) is 0 Å². The molecule has 0 N–H and O–H groups in total. The van der Waals surface area contributed by atoms with Gasteiger partial charge < -0.3 is 18.9 Å². The predicted molar refractivity (Wildman–Crippen MR) is 129 cm³/mol. The maximum Gasteiger partial charge on any atom is 0.143 e. The molecule has 2 aromatic carbocycles. The number of hydrogen-bond acceptors (Lipinski definition) is 4. The van der Waals surface area contributed by atoms with E-state index in [4.69, 9.17) is 14.5 Å². The summed E-state index contributed by atoms with van der Waals surface area (Å²) in [6.07, 6.45) is 8.12. The standard InChI is InChI=1S/C28H33N3O2/c1-30-15-13-24(14-16-30)33-27-25-5-3-2-4-21(25)12-17-31-18-26(29-28(27)31)22-8-10-23(11-9-22)32-19-20-6-7-20/h2-5,8-11,18,20,24,27H,6-7,12-17,19H2,1H3. The van der Waals surface area contributed by atoms with Gasteiger partial charge >= 0.3 is 0 Å². The number of aryl methyl sites for hydroxylation is 2. The molecule has 0 amide bonds. The summed E-state index contributed by atoms with van der Waals surface area (Å²) < 4.78 is 15.0. The summed E-state index contributed by atoms with van der Waals surface area (Å²) in [6, 6.07) is 17.1. The first kappa shape index (κ1) is 20.9. The highest BCUT2D eigenvalue weighted by Crippen LogP contribution is 2.36. The number of ether oxygens (including phenoxy) is 2. The predicted octanol–water partition coefficient (Wildman–Crippen LogP) is 5.10. The first-order chi connectivity index (χ1) is 16.2. The molecule has 1 aromatic heterocycles. The van der Waals surface area contributed by atoms with E-state index in [0.29, 0.717) is 0 Å². The molecule has 0 radical (unpaired) electrons. The Kier molecular flexibility index (Phi) is 5.68. The number of imidazole rings is 1. The third-order valence-corrected chi connectivity index (χ3v) is 7.33. The topological polar surface area (TPSA) is 39.5 Å². The molecular weight excluding hydrogens is 410 g/mol. The first-order valence-corrected chi connectivity index (χ1v) is 12.4. The molecule has 5 heteroatoms. The van der Waals surface area contributed by atoms with Crippen molar-refractivity contribution in [1.82, 2.24) is 14.5 Å². The fourth-order valence-electron chi connectivity index (χ4n) is 5.02. The Morgan fingerprint density at radius 2 is 1.73 bits per heavy atom. The van der Waals surface area contributed by atoms with E-state index in [2.05, 4.69) is 71.2 Å². The number of likely N-dealkylation sites (tertiary alicyclic amines) is 1. The number of rotatable bonds is 6. The Bertz CT molecular complexity index is 1090. The summed E-state index contributed by atoms with van der Waals surface area (Å²) in [5.41, 5.74) is 4.78. The number of aromatic nitrogens is 2. The first-order valence-electron chi connectivity index (χ1n) is 12.4. The second-order valence-electron chi connectivity index (χ2n) is 9.92. The van der Waals surface area contributed by atoms with Gasteiger partial charge in [-0.1, -0.05) is 24.3 Å². The molecule has 1 saturated heterocycles. The molecule has 1 saturated carbocycles. The summed E-state index contributed by atoms with van der Waals surface area (Å²) in [5.74, 6) is 2.74. The molecule has 172 valence electrons. The van der Waals surface area contributed by atoms with Gasteiger partial charge in [0.05, 0.1) is 18.4 Å². The minimum Gasteiger partial charge on any atom is -0.493 e. The lowest BCUT2D eigenvalue weighted by atomic mass is 10.00. The monoisotopic (exact) mass is 443 g/mol. The zero-order valence-corrected chi connectivity index (χ0v) is 19.5. The molecule has 3 aliphatic rings.